The maximum absolute atomic E-state index is 11.4. The van der Waals surface area contributed by atoms with Crippen molar-refractivity contribution in [2.24, 2.45) is 0 Å². The lowest BCUT2D eigenvalue weighted by Gasteiger charge is -2.07. The lowest BCUT2D eigenvalue weighted by molar-refractivity contribution is 0.0699. The van der Waals surface area contributed by atoms with Crippen molar-refractivity contribution in [3.05, 3.63) is 51.7 Å². The Bertz CT molecular complexity index is 768. The topological polar surface area (TPSA) is 50.2 Å². The number of nitrogens with zero attached hydrogens (tertiary/aromatic N) is 1. The molecule has 0 amide bonds. The Morgan fingerprint density at radius 1 is 1.32 bits per heavy atom. The molecule has 94 valence electrons. The molecule has 0 atom stereocenters. The van der Waals surface area contributed by atoms with Crippen LogP contribution in [-0.4, -0.2) is 16.1 Å². The van der Waals surface area contributed by atoms with E-state index in [-0.39, 0.29) is 5.56 Å². The minimum atomic E-state index is -1.00. The van der Waals surface area contributed by atoms with E-state index in [9.17, 15) is 9.90 Å². The molecule has 0 radical (unpaired) electrons. The molecule has 0 saturated heterocycles. The van der Waals surface area contributed by atoms with Gasteiger partial charge >= 0.3 is 5.97 Å². The van der Waals surface area contributed by atoms with Crippen molar-refractivity contribution in [1.82, 2.24) is 4.98 Å². The van der Waals surface area contributed by atoms with Crippen LogP contribution in [-0.2, 0) is 0 Å². The summed E-state index contributed by atoms with van der Waals surface area (Å²) in [5.74, 6) is -1.00. The molecule has 5 heteroatoms. The third-order valence-electron chi connectivity index (χ3n) is 2.83. The van der Waals surface area contributed by atoms with E-state index in [4.69, 9.17) is 11.6 Å². The van der Waals surface area contributed by atoms with Crippen LogP contribution in [0.1, 0.15) is 10.4 Å². The van der Waals surface area contributed by atoms with Crippen molar-refractivity contribution >= 4 is 39.8 Å². The van der Waals surface area contributed by atoms with Crippen molar-refractivity contribution in [3.8, 4) is 11.3 Å². The quantitative estimate of drug-likeness (QED) is 0.764. The van der Waals surface area contributed by atoms with Crippen LogP contribution in [0.2, 0.25) is 5.02 Å². The van der Waals surface area contributed by atoms with Gasteiger partial charge < -0.3 is 5.11 Å². The van der Waals surface area contributed by atoms with E-state index >= 15 is 0 Å². The standard InChI is InChI=1S/C14H8ClNO2S/c15-10-2-1-3-11-13(10)9(14(17)18)6-12(16-11)8-4-5-19-7-8/h1-7H,(H,17,18). The van der Waals surface area contributed by atoms with Crippen molar-refractivity contribution in [1.29, 1.82) is 0 Å². The minimum Gasteiger partial charge on any atom is -0.478 e. The Morgan fingerprint density at radius 2 is 2.16 bits per heavy atom. The molecule has 0 aliphatic rings. The summed E-state index contributed by atoms with van der Waals surface area (Å²) in [4.78, 5) is 15.9. The van der Waals surface area contributed by atoms with E-state index in [0.29, 0.717) is 21.6 Å². The first kappa shape index (κ1) is 12.1. The van der Waals surface area contributed by atoms with Crippen LogP contribution in [0.3, 0.4) is 0 Å². The predicted octanol–water partition coefficient (Wildman–Crippen LogP) is 4.31. The molecule has 1 aromatic carbocycles. The molecule has 0 spiro atoms. The molecule has 0 aliphatic heterocycles. The Morgan fingerprint density at radius 3 is 2.84 bits per heavy atom. The first-order valence-electron chi connectivity index (χ1n) is 5.52. The number of carboxylic acid groups (broad SMARTS) is 1. The molecule has 1 N–H and O–H groups in total. The van der Waals surface area contributed by atoms with E-state index in [1.165, 1.54) is 0 Å². The number of carbonyl (C=O) groups is 1. The number of fused-ring (bicyclic) bond motifs is 1. The Hall–Kier alpha value is -1.91. The maximum Gasteiger partial charge on any atom is 0.336 e. The molecule has 0 saturated carbocycles. The molecule has 0 fully saturated rings. The number of halogens is 1. The fraction of sp³-hybridized carbons (Fsp3) is 0. The van der Waals surface area contributed by atoms with Crippen LogP contribution >= 0.6 is 22.9 Å². The van der Waals surface area contributed by atoms with Crippen molar-refractivity contribution < 1.29 is 9.90 Å². The monoisotopic (exact) mass is 289 g/mol. The lowest BCUT2D eigenvalue weighted by atomic mass is 10.1. The first-order chi connectivity index (χ1) is 9.16. The summed E-state index contributed by atoms with van der Waals surface area (Å²) in [6.07, 6.45) is 0. The van der Waals surface area contributed by atoms with Gasteiger partial charge in [-0.1, -0.05) is 17.7 Å². The summed E-state index contributed by atoms with van der Waals surface area (Å²) in [6.45, 7) is 0. The molecule has 0 aliphatic carbocycles. The van der Waals surface area contributed by atoms with Crippen molar-refractivity contribution in [2.45, 2.75) is 0 Å². The summed E-state index contributed by atoms with van der Waals surface area (Å²) in [7, 11) is 0. The highest BCUT2D eigenvalue weighted by molar-refractivity contribution is 7.08. The number of aromatic carboxylic acids is 1. The number of hydrogen-bond donors (Lipinski definition) is 1. The van der Waals surface area contributed by atoms with Gasteiger partial charge in [0.05, 0.1) is 21.8 Å². The number of pyridine rings is 1. The summed E-state index contributed by atoms with van der Waals surface area (Å²) in [6, 6.07) is 8.68. The number of aromatic nitrogens is 1. The largest absolute Gasteiger partial charge is 0.478 e. The highest BCUT2D eigenvalue weighted by Gasteiger charge is 2.15. The van der Waals surface area contributed by atoms with Crippen LogP contribution in [0.4, 0.5) is 0 Å². The first-order valence-corrected chi connectivity index (χ1v) is 6.84. The number of hydrogen-bond acceptors (Lipinski definition) is 3. The van der Waals surface area contributed by atoms with Crippen molar-refractivity contribution in [2.75, 3.05) is 0 Å². The molecule has 0 unspecified atom stereocenters. The van der Waals surface area contributed by atoms with Gasteiger partial charge in [-0.2, -0.15) is 11.3 Å². The summed E-state index contributed by atoms with van der Waals surface area (Å²) in [5.41, 5.74) is 2.33. The van der Waals surface area contributed by atoms with E-state index in [1.54, 1.807) is 35.6 Å². The third kappa shape index (κ3) is 2.09. The minimum absolute atomic E-state index is 0.178. The van der Waals surface area contributed by atoms with Crippen LogP contribution in [0.5, 0.6) is 0 Å². The van der Waals surface area contributed by atoms with Gasteiger partial charge in [-0.05, 0) is 29.6 Å². The molecular formula is C14H8ClNO2S. The maximum atomic E-state index is 11.4. The molecule has 3 aromatic rings. The highest BCUT2D eigenvalue weighted by Crippen LogP contribution is 2.30. The molecule has 2 heterocycles. The predicted molar refractivity (Wildman–Crippen MR) is 77.0 cm³/mol. The van der Waals surface area contributed by atoms with Gasteiger partial charge in [-0.3, -0.25) is 0 Å². The normalized spacial score (nSPS) is 10.8. The van der Waals surface area contributed by atoms with Gasteiger partial charge in [0.2, 0.25) is 0 Å². The van der Waals surface area contributed by atoms with E-state index < -0.39 is 5.97 Å². The zero-order valence-corrected chi connectivity index (χ0v) is 11.2. The van der Waals surface area contributed by atoms with Crippen LogP contribution in [0.15, 0.2) is 41.1 Å². The molecule has 2 aromatic heterocycles. The zero-order chi connectivity index (χ0) is 13.4. The smallest absolute Gasteiger partial charge is 0.336 e. The third-order valence-corrected chi connectivity index (χ3v) is 3.83. The van der Waals surface area contributed by atoms with E-state index in [2.05, 4.69) is 4.98 Å². The van der Waals surface area contributed by atoms with E-state index in [0.717, 1.165) is 5.56 Å². The van der Waals surface area contributed by atoms with Gasteiger partial charge in [-0.15, -0.1) is 0 Å². The molecular weight excluding hydrogens is 282 g/mol. The SMILES string of the molecule is O=C(O)c1cc(-c2ccsc2)nc2cccc(Cl)c12. The molecule has 3 nitrogen and oxygen atoms in total. The van der Waals surface area contributed by atoms with Crippen molar-refractivity contribution in [3.63, 3.8) is 0 Å². The Balaban J connectivity index is 2.38. The number of thiophene rings is 1. The second-order valence-corrected chi connectivity index (χ2v) is 5.19. The van der Waals surface area contributed by atoms with E-state index in [1.807, 2.05) is 16.8 Å². The summed E-state index contributed by atoms with van der Waals surface area (Å²) in [5, 5.41) is 14.1. The lowest BCUT2D eigenvalue weighted by Crippen LogP contribution is -2.00. The number of benzene rings is 1. The van der Waals surface area contributed by atoms with Gasteiger partial charge in [0.25, 0.3) is 0 Å². The van der Waals surface area contributed by atoms with Crippen LogP contribution < -0.4 is 0 Å². The van der Waals surface area contributed by atoms with Crippen LogP contribution in [0, 0.1) is 0 Å². The number of rotatable bonds is 2. The highest BCUT2D eigenvalue weighted by atomic mass is 35.5. The second-order valence-electron chi connectivity index (χ2n) is 4.01. The average Bonchev–Trinajstić information content (AvgIpc) is 2.91. The average molecular weight is 290 g/mol. The zero-order valence-electron chi connectivity index (χ0n) is 9.63. The van der Waals surface area contributed by atoms with Gasteiger partial charge in [0.15, 0.2) is 0 Å². The van der Waals surface area contributed by atoms with Gasteiger partial charge in [0.1, 0.15) is 0 Å². The fourth-order valence-corrected chi connectivity index (χ4v) is 2.89. The van der Waals surface area contributed by atoms with Crippen LogP contribution in [0.25, 0.3) is 22.2 Å². The van der Waals surface area contributed by atoms with Gasteiger partial charge in [0, 0.05) is 16.3 Å². The summed E-state index contributed by atoms with van der Waals surface area (Å²) >= 11 is 7.63. The fourth-order valence-electron chi connectivity index (χ4n) is 1.97. The Kier molecular flexibility index (Phi) is 2.97. The second kappa shape index (κ2) is 4.64. The van der Waals surface area contributed by atoms with Gasteiger partial charge in [-0.25, -0.2) is 9.78 Å². The summed E-state index contributed by atoms with van der Waals surface area (Å²) < 4.78 is 0. The molecule has 0 bridgehead atoms. The molecule has 3 rings (SSSR count). The Labute approximate surface area is 118 Å². The number of carboxylic acids is 1. The molecule has 19 heavy (non-hydrogen) atoms.